The molecule has 0 unspecified atom stereocenters. The SMILES string of the molecule is CC(=O)Nc1ccc(S(=O)(=O)[C@@H](C#N)c2nc3ccccc3nc2NCCN2CCOCC2)cc1. The maximum atomic E-state index is 13.5. The van der Waals surface area contributed by atoms with Gasteiger partial charge in [-0.05, 0) is 36.4 Å². The molecule has 1 amide bonds. The number of ether oxygens (including phenoxy) is 1. The van der Waals surface area contributed by atoms with Gasteiger partial charge in [-0.15, -0.1) is 0 Å². The van der Waals surface area contributed by atoms with Crippen LogP contribution in [0, 0.1) is 11.3 Å². The lowest BCUT2D eigenvalue weighted by Crippen LogP contribution is -2.39. The number of nitrogens with one attached hydrogen (secondary N) is 2. The number of amides is 1. The number of hydrogen-bond donors (Lipinski definition) is 2. The average molecular weight is 495 g/mol. The molecule has 0 bridgehead atoms. The molecule has 3 aromatic rings. The zero-order valence-electron chi connectivity index (χ0n) is 19.3. The first-order chi connectivity index (χ1) is 16.9. The van der Waals surface area contributed by atoms with Gasteiger partial charge in [0, 0.05) is 38.8 Å². The van der Waals surface area contributed by atoms with E-state index in [4.69, 9.17) is 4.74 Å². The first-order valence-corrected chi connectivity index (χ1v) is 12.7. The second-order valence-corrected chi connectivity index (χ2v) is 10.1. The average Bonchev–Trinajstić information content (AvgIpc) is 2.85. The molecule has 1 aliphatic rings. The molecule has 2 N–H and O–H groups in total. The Hall–Kier alpha value is -3.59. The third kappa shape index (κ3) is 5.74. The largest absolute Gasteiger partial charge is 0.379 e. The highest BCUT2D eigenvalue weighted by Gasteiger charge is 2.33. The number of hydrogen-bond acceptors (Lipinski definition) is 9. The topological polar surface area (TPSA) is 137 Å². The number of para-hydroxylation sites is 2. The molecule has 1 saturated heterocycles. The number of fused-ring (bicyclic) bond motifs is 1. The molecule has 1 atom stereocenters. The maximum absolute atomic E-state index is 13.5. The number of nitrogens with zero attached hydrogens (tertiary/aromatic N) is 4. The van der Waals surface area contributed by atoms with Crippen molar-refractivity contribution in [1.29, 1.82) is 5.26 Å². The van der Waals surface area contributed by atoms with Gasteiger partial charge in [-0.3, -0.25) is 9.69 Å². The zero-order valence-corrected chi connectivity index (χ0v) is 20.1. The van der Waals surface area contributed by atoms with Crippen LogP contribution in [0.4, 0.5) is 11.5 Å². The van der Waals surface area contributed by atoms with Gasteiger partial charge in [0.25, 0.3) is 0 Å². The van der Waals surface area contributed by atoms with Crippen LogP contribution in [-0.2, 0) is 19.4 Å². The quantitative estimate of drug-likeness (QED) is 0.483. The second kappa shape index (κ2) is 10.8. The first kappa shape index (κ1) is 24.5. The summed E-state index contributed by atoms with van der Waals surface area (Å²) >= 11 is 0. The van der Waals surface area contributed by atoms with Crippen molar-refractivity contribution < 1.29 is 17.9 Å². The van der Waals surface area contributed by atoms with E-state index in [-0.39, 0.29) is 22.3 Å². The summed E-state index contributed by atoms with van der Waals surface area (Å²) in [6.07, 6.45) is 0. The summed E-state index contributed by atoms with van der Waals surface area (Å²) in [5, 5.41) is 14.2. The Morgan fingerprint density at radius 1 is 1.11 bits per heavy atom. The van der Waals surface area contributed by atoms with Crippen molar-refractivity contribution in [1.82, 2.24) is 14.9 Å². The molecule has 35 heavy (non-hydrogen) atoms. The summed E-state index contributed by atoms with van der Waals surface area (Å²) in [5.74, 6) is -0.00306. The molecule has 0 radical (unpaired) electrons. The fraction of sp³-hybridized carbons (Fsp3) is 0.333. The molecular weight excluding hydrogens is 468 g/mol. The van der Waals surface area contributed by atoms with Crippen molar-refractivity contribution in [3.8, 4) is 6.07 Å². The van der Waals surface area contributed by atoms with Gasteiger partial charge in [-0.1, -0.05) is 12.1 Å². The maximum Gasteiger partial charge on any atom is 0.221 e. The predicted molar refractivity (Wildman–Crippen MR) is 132 cm³/mol. The molecule has 0 saturated carbocycles. The minimum absolute atomic E-state index is 0.0487. The highest BCUT2D eigenvalue weighted by Crippen LogP contribution is 2.32. The summed E-state index contributed by atoms with van der Waals surface area (Å²) in [6.45, 7) is 5.58. The molecule has 0 aliphatic carbocycles. The molecule has 10 nitrogen and oxygen atoms in total. The number of anilines is 2. The Morgan fingerprint density at radius 3 is 2.40 bits per heavy atom. The van der Waals surface area contributed by atoms with Gasteiger partial charge < -0.3 is 15.4 Å². The summed E-state index contributed by atoms with van der Waals surface area (Å²) in [7, 11) is -4.13. The summed E-state index contributed by atoms with van der Waals surface area (Å²) < 4.78 is 32.3. The van der Waals surface area contributed by atoms with Gasteiger partial charge in [-0.2, -0.15) is 5.26 Å². The van der Waals surface area contributed by atoms with E-state index in [0.717, 1.165) is 13.1 Å². The minimum atomic E-state index is -4.13. The van der Waals surface area contributed by atoms with Crippen molar-refractivity contribution in [2.45, 2.75) is 17.1 Å². The second-order valence-electron chi connectivity index (χ2n) is 8.09. The number of nitriles is 1. The van der Waals surface area contributed by atoms with E-state index in [1.807, 2.05) is 12.1 Å². The first-order valence-electron chi connectivity index (χ1n) is 11.2. The Morgan fingerprint density at radius 2 is 1.77 bits per heavy atom. The Kier molecular flexibility index (Phi) is 7.55. The van der Waals surface area contributed by atoms with Gasteiger partial charge in [0.05, 0.1) is 35.2 Å². The van der Waals surface area contributed by atoms with E-state index in [9.17, 15) is 18.5 Å². The fourth-order valence-electron chi connectivity index (χ4n) is 3.83. The molecule has 1 fully saturated rings. The number of carbonyl (C=O) groups excluding carboxylic acids is 1. The number of morpholine rings is 1. The van der Waals surface area contributed by atoms with Gasteiger partial charge >= 0.3 is 0 Å². The molecular formula is C24H26N6O4S. The van der Waals surface area contributed by atoms with Gasteiger partial charge in [0.15, 0.2) is 11.1 Å². The molecule has 1 aromatic heterocycles. The standard InChI is InChI=1S/C24H26N6O4S/c1-17(31)27-18-6-8-19(9-7-18)35(32,33)22(16-25)23-24(26-10-11-30-12-14-34-15-13-30)29-21-5-3-2-4-20(21)28-23/h2-9,22H,10-15H2,1H3,(H,26,29)(H,27,31)/t22-/m0/s1. The third-order valence-electron chi connectivity index (χ3n) is 5.60. The fourth-order valence-corrected chi connectivity index (χ4v) is 5.21. The smallest absolute Gasteiger partial charge is 0.221 e. The van der Waals surface area contributed by atoms with Crippen LogP contribution in [0.15, 0.2) is 53.4 Å². The number of carbonyl (C=O) groups is 1. The van der Waals surface area contributed by atoms with Crippen LogP contribution in [0.2, 0.25) is 0 Å². The van der Waals surface area contributed by atoms with Crippen molar-refractivity contribution in [2.75, 3.05) is 50.0 Å². The van der Waals surface area contributed by atoms with E-state index in [0.29, 0.717) is 43.0 Å². The third-order valence-corrected chi connectivity index (χ3v) is 7.48. The highest BCUT2D eigenvalue weighted by atomic mass is 32.2. The molecule has 1 aliphatic heterocycles. The number of aromatic nitrogens is 2. The van der Waals surface area contributed by atoms with E-state index in [1.54, 1.807) is 18.2 Å². The van der Waals surface area contributed by atoms with Gasteiger partial charge in [0.1, 0.15) is 5.69 Å². The zero-order chi connectivity index (χ0) is 24.8. The molecule has 11 heteroatoms. The lowest BCUT2D eigenvalue weighted by molar-refractivity contribution is -0.114. The lowest BCUT2D eigenvalue weighted by atomic mass is 10.2. The summed E-state index contributed by atoms with van der Waals surface area (Å²) in [6, 6.07) is 14.7. The van der Waals surface area contributed by atoms with Crippen molar-refractivity contribution in [2.24, 2.45) is 0 Å². The molecule has 2 heterocycles. The van der Waals surface area contributed by atoms with E-state index < -0.39 is 15.1 Å². The van der Waals surface area contributed by atoms with Gasteiger partial charge in [-0.25, -0.2) is 18.4 Å². The summed E-state index contributed by atoms with van der Waals surface area (Å²) in [5.41, 5.74) is 1.61. The van der Waals surface area contributed by atoms with Crippen LogP contribution in [-0.4, -0.2) is 68.6 Å². The van der Waals surface area contributed by atoms with Crippen LogP contribution >= 0.6 is 0 Å². The normalized spacial score (nSPS) is 15.3. The Bertz CT molecular complexity index is 1350. The number of sulfone groups is 1. The monoisotopic (exact) mass is 494 g/mol. The van der Waals surface area contributed by atoms with Crippen LogP contribution in [0.5, 0.6) is 0 Å². The number of benzene rings is 2. The highest BCUT2D eigenvalue weighted by molar-refractivity contribution is 7.92. The molecule has 2 aromatic carbocycles. The summed E-state index contributed by atoms with van der Waals surface area (Å²) in [4.78, 5) is 22.6. The van der Waals surface area contributed by atoms with Crippen LogP contribution in [0.1, 0.15) is 17.9 Å². The molecule has 4 rings (SSSR count). The predicted octanol–water partition coefficient (Wildman–Crippen LogP) is 2.37. The number of rotatable bonds is 8. The van der Waals surface area contributed by atoms with Crippen LogP contribution in [0.25, 0.3) is 11.0 Å². The van der Waals surface area contributed by atoms with Crippen LogP contribution < -0.4 is 10.6 Å². The van der Waals surface area contributed by atoms with Gasteiger partial charge in [0.2, 0.25) is 15.7 Å². The van der Waals surface area contributed by atoms with E-state index >= 15 is 0 Å². The van der Waals surface area contributed by atoms with Crippen molar-refractivity contribution in [3.63, 3.8) is 0 Å². The lowest BCUT2D eigenvalue weighted by Gasteiger charge is -2.26. The Balaban J connectivity index is 1.66. The minimum Gasteiger partial charge on any atom is -0.379 e. The van der Waals surface area contributed by atoms with E-state index in [1.165, 1.54) is 31.2 Å². The van der Waals surface area contributed by atoms with Crippen molar-refractivity contribution >= 4 is 38.3 Å². The molecule has 0 spiro atoms. The van der Waals surface area contributed by atoms with Crippen LogP contribution in [0.3, 0.4) is 0 Å². The van der Waals surface area contributed by atoms with Crippen molar-refractivity contribution in [3.05, 3.63) is 54.2 Å². The molecule has 182 valence electrons. The van der Waals surface area contributed by atoms with E-state index in [2.05, 4.69) is 25.5 Å². The Labute approximate surface area is 203 Å².